The molecule has 1 aromatic carbocycles. The van der Waals surface area contributed by atoms with Crippen LogP contribution in [0.2, 0.25) is 0 Å². The fraction of sp³-hybridized carbons (Fsp3) is 0.538. The number of nitrogens with two attached hydrogens (primary N) is 1. The van der Waals surface area contributed by atoms with Crippen LogP contribution in [-0.2, 0) is 0 Å². The highest BCUT2D eigenvalue weighted by molar-refractivity contribution is 9.10. The molecule has 0 radical (unpaired) electrons. The maximum absolute atomic E-state index is 11.2. The summed E-state index contributed by atoms with van der Waals surface area (Å²) in [5, 5.41) is 11.2. The molecule has 1 aliphatic rings. The minimum atomic E-state index is -0.324. The number of hydrogen-bond acceptors (Lipinski definition) is 4. The number of nitro groups is 1. The first-order valence-corrected chi connectivity index (χ1v) is 7.26. The van der Waals surface area contributed by atoms with E-state index in [1.807, 2.05) is 12.1 Å². The molecule has 1 aliphatic heterocycles. The lowest BCUT2D eigenvalue weighted by atomic mass is 9.90. The van der Waals surface area contributed by atoms with Crippen molar-refractivity contribution in [3.63, 3.8) is 0 Å². The number of halogens is 1. The second kappa shape index (κ2) is 5.88. The molecule has 0 saturated carbocycles. The summed E-state index contributed by atoms with van der Waals surface area (Å²) < 4.78 is 0.726. The normalized spacial score (nSPS) is 23.4. The second-order valence-corrected chi connectivity index (χ2v) is 5.87. The topological polar surface area (TPSA) is 72.4 Å². The van der Waals surface area contributed by atoms with E-state index in [4.69, 9.17) is 5.73 Å². The molecule has 5 nitrogen and oxygen atoms in total. The van der Waals surface area contributed by atoms with Crippen molar-refractivity contribution >= 4 is 27.3 Å². The molecule has 1 fully saturated rings. The number of rotatable bonds is 3. The summed E-state index contributed by atoms with van der Waals surface area (Å²) in [4.78, 5) is 12.9. The van der Waals surface area contributed by atoms with Crippen molar-refractivity contribution in [3.8, 4) is 0 Å². The van der Waals surface area contributed by atoms with Crippen LogP contribution in [0.15, 0.2) is 22.7 Å². The second-order valence-electron chi connectivity index (χ2n) is 4.96. The van der Waals surface area contributed by atoms with Crippen LogP contribution in [0.5, 0.6) is 0 Å². The molecule has 2 atom stereocenters. The van der Waals surface area contributed by atoms with Crippen LogP contribution in [0.3, 0.4) is 0 Å². The van der Waals surface area contributed by atoms with Gasteiger partial charge in [-0.15, -0.1) is 0 Å². The highest BCUT2D eigenvalue weighted by Gasteiger charge is 2.28. The number of nitrogens with zero attached hydrogens (tertiary/aromatic N) is 2. The molecule has 0 amide bonds. The number of piperidine rings is 1. The van der Waals surface area contributed by atoms with Gasteiger partial charge in [0.25, 0.3) is 5.69 Å². The Bertz CT molecular complexity index is 481. The van der Waals surface area contributed by atoms with Gasteiger partial charge in [0.05, 0.1) is 4.92 Å². The molecule has 0 spiro atoms. The van der Waals surface area contributed by atoms with Gasteiger partial charge in [-0.05, 0) is 24.5 Å². The van der Waals surface area contributed by atoms with Gasteiger partial charge in [-0.1, -0.05) is 29.3 Å². The van der Waals surface area contributed by atoms with Crippen LogP contribution in [-0.4, -0.2) is 24.1 Å². The van der Waals surface area contributed by atoms with E-state index in [0.717, 1.165) is 30.4 Å². The Morgan fingerprint density at radius 1 is 1.58 bits per heavy atom. The third-order valence-corrected chi connectivity index (χ3v) is 4.29. The zero-order valence-electron chi connectivity index (χ0n) is 10.9. The van der Waals surface area contributed by atoms with Crippen LogP contribution < -0.4 is 10.6 Å². The number of hydrogen-bond donors (Lipinski definition) is 1. The molecule has 0 bridgehead atoms. The number of nitro benzene ring substituents is 1. The van der Waals surface area contributed by atoms with Crippen molar-refractivity contribution in [3.05, 3.63) is 32.8 Å². The number of anilines is 1. The Morgan fingerprint density at radius 3 is 2.95 bits per heavy atom. The van der Waals surface area contributed by atoms with E-state index in [2.05, 4.69) is 27.8 Å². The molecule has 2 N–H and O–H groups in total. The van der Waals surface area contributed by atoms with E-state index in [1.54, 1.807) is 6.07 Å². The minimum Gasteiger partial charge on any atom is -0.366 e. The average Bonchev–Trinajstić information content (AvgIpc) is 2.39. The summed E-state index contributed by atoms with van der Waals surface area (Å²) in [6, 6.07) is 5.42. The molecular weight excluding hydrogens is 310 g/mol. The van der Waals surface area contributed by atoms with E-state index in [-0.39, 0.29) is 16.7 Å². The van der Waals surface area contributed by atoms with Gasteiger partial charge in [0.2, 0.25) is 0 Å². The van der Waals surface area contributed by atoms with E-state index in [9.17, 15) is 10.1 Å². The van der Waals surface area contributed by atoms with Gasteiger partial charge in [0, 0.05) is 29.7 Å². The van der Waals surface area contributed by atoms with Gasteiger partial charge in [-0.2, -0.15) is 0 Å². The molecular formula is C13H18BrN3O2. The summed E-state index contributed by atoms with van der Waals surface area (Å²) in [7, 11) is 0. The average molecular weight is 328 g/mol. The predicted octanol–water partition coefficient (Wildman–Crippen LogP) is 2.92. The molecule has 0 aliphatic carbocycles. The molecule has 2 rings (SSSR count). The smallest absolute Gasteiger partial charge is 0.293 e. The Kier molecular flexibility index (Phi) is 4.42. The molecule has 1 saturated heterocycles. The molecule has 6 heteroatoms. The van der Waals surface area contributed by atoms with Crippen LogP contribution >= 0.6 is 15.9 Å². The van der Waals surface area contributed by atoms with Crippen molar-refractivity contribution in [2.24, 2.45) is 11.7 Å². The molecule has 0 aromatic heterocycles. The first-order valence-electron chi connectivity index (χ1n) is 6.47. The monoisotopic (exact) mass is 327 g/mol. The molecule has 104 valence electrons. The molecule has 1 heterocycles. The van der Waals surface area contributed by atoms with Crippen LogP contribution in [0.1, 0.15) is 19.8 Å². The van der Waals surface area contributed by atoms with Gasteiger partial charge in [0.1, 0.15) is 5.69 Å². The van der Waals surface area contributed by atoms with Crippen molar-refractivity contribution < 1.29 is 4.92 Å². The third-order valence-electron chi connectivity index (χ3n) is 3.79. The standard InChI is InChI=1S/C13H18BrN3O2/c1-2-9-8-16(6-5-11(9)15)12-4-3-10(14)7-13(12)17(18)19/h3-4,7,9,11H,2,5-6,8,15H2,1H3. The van der Waals surface area contributed by atoms with E-state index < -0.39 is 0 Å². The van der Waals surface area contributed by atoms with Crippen molar-refractivity contribution in [2.75, 3.05) is 18.0 Å². The molecule has 19 heavy (non-hydrogen) atoms. The lowest BCUT2D eigenvalue weighted by Gasteiger charge is -2.37. The van der Waals surface area contributed by atoms with Gasteiger partial charge in [0.15, 0.2) is 0 Å². The fourth-order valence-electron chi connectivity index (χ4n) is 2.61. The van der Waals surface area contributed by atoms with Gasteiger partial charge in [-0.25, -0.2) is 0 Å². The van der Waals surface area contributed by atoms with Crippen LogP contribution in [0.4, 0.5) is 11.4 Å². The Hall–Kier alpha value is -1.14. The summed E-state index contributed by atoms with van der Waals surface area (Å²) in [5.74, 6) is 0.400. The van der Waals surface area contributed by atoms with Crippen molar-refractivity contribution in [1.82, 2.24) is 0 Å². The first-order chi connectivity index (χ1) is 9.02. The van der Waals surface area contributed by atoms with E-state index in [0.29, 0.717) is 11.6 Å². The van der Waals surface area contributed by atoms with Gasteiger partial charge >= 0.3 is 0 Å². The Balaban J connectivity index is 2.29. The first kappa shape index (κ1) is 14.3. The summed E-state index contributed by atoms with van der Waals surface area (Å²) >= 11 is 3.28. The highest BCUT2D eigenvalue weighted by Crippen LogP contribution is 2.34. The maximum atomic E-state index is 11.2. The lowest BCUT2D eigenvalue weighted by molar-refractivity contribution is -0.384. The SMILES string of the molecule is CCC1CN(c2ccc(Br)cc2[N+](=O)[O-])CCC1N. The van der Waals surface area contributed by atoms with Crippen LogP contribution in [0.25, 0.3) is 0 Å². The van der Waals surface area contributed by atoms with E-state index >= 15 is 0 Å². The third kappa shape index (κ3) is 3.06. The highest BCUT2D eigenvalue weighted by atomic mass is 79.9. The van der Waals surface area contributed by atoms with Gasteiger partial charge < -0.3 is 10.6 Å². The van der Waals surface area contributed by atoms with Crippen LogP contribution in [0, 0.1) is 16.0 Å². The lowest BCUT2D eigenvalue weighted by Crippen LogP contribution is -2.47. The quantitative estimate of drug-likeness (QED) is 0.684. The van der Waals surface area contributed by atoms with E-state index in [1.165, 1.54) is 0 Å². The minimum absolute atomic E-state index is 0.152. The maximum Gasteiger partial charge on any atom is 0.293 e. The predicted molar refractivity (Wildman–Crippen MR) is 79.4 cm³/mol. The van der Waals surface area contributed by atoms with Crippen molar-refractivity contribution in [2.45, 2.75) is 25.8 Å². The molecule has 2 unspecified atom stereocenters. The Labute approximate surface area is 121 Å². The van der Waals surface area contributed by atoms with Crippen molar-refractivity contribution in [1.29, 1.82) is 0 Å². The molecule has 1 aromatic rings. The largest absolute Gasteiger partial charge is 0.366 e. The summed E-state index contributed by atoms with van der Waals surface area (Å²) in [6.07, 6.45) is 1.88. The summed E-state index contributed by atoms with van der Waals surface area (Å²) in [6.45, 7) is 3.68. The summed E-state index contributed by atoms with van der Waals surface area (Å²) in [5.41, 5.74) is 6.93. The Morgan fingerprint density at radius 2 is 2.32 bits per heavy atom. The zero-order valence-corrected chi connectivity index (χ0v) is 12.5. The zero-order chi connectivity index (χ0) is 14.0. The number of benzene rings is 1. The fourth-order valence-corrected chi connectivity index (χ4v) is 2.96. The van der Waals surface area contributed by atoms with Gasteiger partial charge in [-0.3, -0.25) is 10.1 Å².